The second-order valence-electron chi connectivity index (χ2n) is 4.80. The fraction of sp³-hybridized carbons (Fsp3) is 0.357. The van der Waals surface area contributed by atoms with Gasteiger partial charge in [0.2, 0.25) is 5.91 Å². The number of nitrogens with one attached hydrogen (secondary N) is 1. The molecule has 1 saturated heterocycles. The molecular formula is C14H18N4OS. The van der Waals surface area contributed by atoms with Gasteiger partial charge in [-0.05, 0) is 38.2 Å². The summed E-state index contributed by atoms with van der Waals surface area (Å²) in [5, 5.41) is 11.2. The summed E-state index contributed by atoms with van der Waals surface area (Å²) in [5.41, 5.74) is 2.23. The second kappa shape index (κ2) is 6.67. The highest BCUT2D eigenvalue weighted by Crippen LogP contribution is 2.17. The minimum absolute atomic E-state index is 0.0224. The zero-order valence-corrected chi connectivity index (χ0v) is 12.6. The predicted molar refractivity (Wildman–Crippen MR) is 84.2 cm³/mol. The maximum Gasteiger partial charge on any atom is 0.236 e. The van der Waals surface area contributed by atoms with E-state index in [2.05, 4.69) is 53.6 Å². The third-order valence-corrected chi connectivity index (χ3v) is 3.97. The van der Waals surface area contributed by atoms with Crippen molar-refractivity contribution >= 4 is 29.1 Å². The molecule has 1 N–H and O–H groups in total. The van der Waals surface area contributed by atoms with Gasteiger partial charge in [-0.1, -0.05) is 30.0 Å². The van der Waals surface area contributed by atoms with Crippen molar-refractivity contribution in [2.45, 2.75) is 13.0 Å². The molecule has 0 aliphatic carbocycles. The number of benzene rings is 1. The summed E-state index contributed by atoms with van der Waals surface area (Å²) >= 11 is 1.37. The largest absolute Gasteiger partial charge is 0.303 e. The van der Waals surface area contributed by atoms with E-state index < -0.39 is 0 Å². The van der Waals surface area contributed by atoms with Crippen molar-refractivity contribution in [1.82, 2.24) is 10.2 Å². The molecule has 0 spiro atoms. The Morgan fingerprint density at radius 1 is 1.45 bits per heavy atom. The lowest BCUT2D eigenvalue weighted by Crippen LogP contribution is -2.19. The first-order valence-corrected chi connectivity index (χ1v) is 7.35. The van der Waals surface area contributed by atoms with Crippen molar-refractivity contribution in [3.8, 4) is 0 Å². The van der Waals surface area contributed by atoms with Gasteiger partial charge in [-0.25, -0.2) is 0 Å². The normalized spacial score (nSPS) is 19.0. The molecule has 1 aliphatic heterocycles. The number of nitrogens with zero attached hydrogens (tertiary/aromatic N) is 3. The van der Waals surface area contributed by atoms with Crippen molar-refractivity contribution in [2.75, 3.05) is 19.8 Å². The molecule has 20 heavy (non-hydrogen) atoms. The van der Waals surface area contributed by atoms with Crippen LogP contribution in [0.15, 0.2) is 34.5 Å². The minimum Gasteiger partial charge on any atom is -0.303 e. The molecule has 6 heteroatoms. The van der Waals surface area contributed by atoms with Gasteiger partial charge in [0.1, 0.15) is 0 Å². The van der Waals surface area contributed by atoms with Crippen LogP contribution in [0.4, 0.5) is 0 Å². The van der Waals surface area contributed by atoms with Crippen LogP contribution in [-0.2, 0) is 4.79 Å². The van der Waals surface area contributed by atoms with E-state index in [0.29, 0.717) is 17.0 Å². The molecule has 1 heterocycles. The molecule has 1 aliphatic rings. The summed E-state index contributed by atoms with van der Waals surface area (Å²) < 4.78 is 0. The van der Waals surface area contributed by atoms with Crippen molar-refractivity contribution in [3.63, 3.8) is 0 Å². The Hall–Kier alpha value is -1.66. The molecule has 0 saturated carbocycles. The minimum atomic E-state index is -0.0224. The second-order valence-corrected chi connectivity index (χ2v) is 5.76. The summed E-state index contributed by atoms with van der Waals surface area (Å²) in [6.07, 6.45) is 1.70. The summed E-state index contributed by atoms with van der Waals surface area (Å²) in [7, 11) is 4.11. The molecule has 1 aromatic carbocycles. The van der Waals surface area contributed by atoms with Crippen LogP contribution in [0.5, 0.6) is 0 Å². The van der Waals surface area contributed by atoms with E-state index in [4.69, 9.17) is 0 Å². The fourth-order valence-electron chi connectivity index (χ4n) is 1.72. The number of hydrogen-bond acceptors (Lipinski definition) is 5. The summed E-state index contributed by atoms with van der Waals surface area (Å²) in [5.74, 6) is 0.398. The molecule has 1 aromatic rings. The van der Waals surface area contributed by atoms with Gasteiger partial charge in [0.05, 0.1) is 12.0 Å². The van der Waals surface area contributed by atoms with Crippen LogP contribution in [0.1, 0.15) is 24.1 Å². The Labute approximate surface area is 123 Å². The van der Waals surface area contributed by atoms with Gasteiger partial charge >= 0.3 is 0 Å². The Balaban J connectivity index is 2.06. The maximum atomic E-state index is 11.0. The van der Waals surface area contributed by atoms with E-state index in [0.717, 1.165) is 5.56 Å². The third-order valence-electron chi connectivity index (χ3n) is 3.11. The zero-order chi connectivity index (χ0) is 14.5. The molecule has 1 atom stereocenters. The van der Waals surface area contributed by atoms with Crippen LogP contribution in [0, 0.1) is 0 Å². The van der Waals surface area contributed by atoms with E-state index >= 15 is 0 Å². The van der Waals surface area contributed by atoms with Crippen LogP contribution in [0.25, 0.3) is 0 Å². The lowest BCUT2D eigenvalue weighted by Gasteiger charge is -2.20. The summed E-state index contributed by atoms with van der Waals surface area (Å²) in [4.78, 5) is 13.2. The number of hydrogen-bond donors (Lipinski definition) is 1. The van der Waals surface area contributed by atoms with Gasteiger partial charge in [-0.3, -0.25) is 4.79 Å². The first kappa shape index (κ1) is 14.7. The standard InChI is InChI=1S/C14H18N4OS/c1-10(18(2)3)12-6-4-5-11(7-12)8-15-17-14-16-13(19)9-20-14/h4-8,10H,9H2,1-3H3,(H,16,17,19). The van der Waals surface area contributed by atoms with Gasteiger partial charge in [-0.2, -0.15) is 5.10 Å². The monoisotopic (exact) mass is 290 g/mol. The number of carbonyl (C=O) groups is 1. The van der Waals surface area contributed by atoms with Crippen molar-refractivity contribution in [1.29, 1.82) is 0 Å². The third kappa shape index (κ3) is 3.91. The average molecular weight is 290 g/mol. The molecule has 1 fully saturated rings. The van der Waals surface area contributed by atoms with Crippen molar-refractivity contribution < 1.29 is 4.79 Å². The zero-order valence-electron chi connectivity index (χ0n) is 11.8. The van der Waals surface area contributed by atoms with E-state index in [1.165, 1.54) is 17.3 Å². The molecule has 1 unspecified atom stereocenters. The van der Waals surface area contributed by atoms with Crippen LogP contribution >= 0.6 is 11.8 Å². The number of amides is 1. The van der Waals surface area contributed by atoms with E-state index in [9.17, 15) is 4.79 Å². The smallest absolute Gasteiger partial charge is 0.236 e. The number of amidine groups is 1. The highest BCUT2D eigenvalue weighted by atomic mass is 32.2. The van der Waals surface area contributed by atoms with Crippen LogP contribution < -0.4 is 5.32 Å². The molecule has 5 nitrogen and oxygen atoms in total. The predicted octanol–water partition coefficient (Wildman–Crippen LogP) is 1.86. The Kier molecular flexibility index (Phi) is 4.92. The molecule has 0 aromatic heterocycles. The van der Waals surface area contributed by atoms with Crippen molar-refractivity contribution in [2.24, 2.45) is 10.2 Å². The fourth-order valence-corrected chi connectivity index (χ4v) is 2.36. The molecule has 1 amide bonds. The van der Waals surface area contributed by atoms with Gasteiger partial charge in [0, 0.05) is 6.04 Å². The van der Waals surface area contributed by atoms with E-state index in [-0.39, 0.29) is 5.91 Å². The SMILES string of the molecule is CC(c1cccc(C=NN=C2NC(=O)CS2)c1)N(C)C. The summed E-state index contributed by atoms with van der Waals surface area (Å²) in [6.45, 7) is 2.15. The Bertz CT molecular complexity index is 554. The molecule has 2 rings (SSSR count). The highest BCUT2D eigenvalue weighted by Gasteiger charge is 2.15. The Morgan fingerprint density at radius 3 is 2.90 bits per heavy atom. The molecule has 0 bridgehead atoms. The maximum absolute atomic E-state index is 11.0. The first-order valence-electron chi connectivity index (χ1n) is 6.36. The lowest BCUT2D eigenvalue weighted by molar-refractivity contribution is -0.116. The molecule has 106 valence electrons. The van der Waals surface area contributed by atoms with Crippen LogP contribution in [0.2, 0.25) is 0 Å². The Morgan fingerprint density at radius 2 is 2.25 bits per heavy atom. The van der Waals surface area contributed by atoms with Gasteiger partial charge in [-0.15, -0.1) is 5.10 Å². The van der Waals surface area contributed by atoms with Gasteiger partial charge in [0.15, 0.2) is 5.17 Å². The molecule has 0 radical (unpaired) electrons. The van der Waals surface area contributed by atoms with Crippen LogP contribution in [-0.4, -0.2) is 42.0 Å². The summed E-state index contributed by atoms with van der Waals surface area (Å²) in [6, 6.07) is 8.53. The number of thioether (sulfide) groups is 1. The highest BCUT2D eigenvalue weighted by molar-refractivity contribution is 8.15. The molecular weight excluding hydrogens is 272 g/mol. The number of rotatable bonds is 4. The number of carbonyl (C=O) groups excluding carboxylic acids is 1. The van der Waals surface area contributed by atoms with Gasteiger partial charge < -0.3 is 10.2 Å². The quantitative estimate of drug-likeness (QED) is 0.680. The average Bonchev–Trinajstić information content (AvgIpc) is 2.84. The topological polar surface area (TPSA) is 57.1 Å². The first-order chi connectivity index (χ1) is 9.56. The lowest BCUT2D eigenvalue weighted by atomic mass is 10.1. The van der Waals surface area contributed by atoms with Crippen molar-refractivity contribution in [3.05, 3.63) is 35.4 Å². The van der Waals surface area contributed by atoms with Gasteiger partial charge in [0.25, 0.3) is 0 Å². The van der Waals surface area contributed by atoms with Crippen LogP contribution in [0.3, 0.4) is 0 Å². The van der Waals surface area contributed by atoms with E-state index in [1.807, 2.05) is 12.1 Å². The van der Waals surface area contributed by atoms with E-state index in [1.54, 1.807) is 6.21 Å².